The van der Waals surface area contributed by atoms with Gasteiger partial charge in [0.25, 0.3) is 5.91 Å². The fraction of sp³-hybridized carbons (Fsp3) is 0.419. The molecule has 7 rings (SSSR count). The molecule has 4 aromatic rings. The zero-order valence-electron chi connectivity index (χ0n) is 24.2. The number of carbonyl (C=O) groups is 2. The molecule has 1 N–H and O–H groups in total. The Morgan fingerprint density at radius 3 is 2.60 bits per heavy atom. The zero-order valence-corrected chi connectivity index (χ0v) is 24.2. The summed E-state index contributed by atoms with van der Waals surface area (Å²) in [5.74, 6) is -0.721. The Kier molecular flexibility index (Phi) is 6.33. The molecule has 43 heavy (non-hydrogen) atoms. The summed E-state index contributed by atoms with van der Waals surface area (Å²) in [6, 6.07) is 8.68. The molecular weight excluding hydrogens is 551 g/mol. The number of aryl methyl sites for hydroxylation is 1. The minimum atomic E-state index is -1.05. The third-order valence-corrected chi connectivity index (χ3v) is 9.48. The molecule has 11 nitrogen and oxygen atoms in total. The molecule has 1 amide bonds. The monoisotopic (exact) mass is 584 g/mol. The lowest BCUT2D eigenvalue weighted by Crippen LogP contribution is -2.34. The molecule has 3 saturated heterocycles. The highest BCUT2D eigenvalue weighted by Crippen LogP contribution is 2.41. The van der Waals surface area contributed by atoms with E-state index in [1.54, 1.807) is 22.8 Å². The average Bonchev–Trinajstić information content (AvgIpc) is 3.80. The van der Waals surface area contributed by atoms with Gasteiger partial charge in [-0.2, -0.15) is 0 Å². The number of aromatic carboxylic acids is 1. The molecule has 3 aliphatic heterocycles. The van der Waals surface area contributed by atoms with Gasteiger partial charge in [0.1, 0.15) is 11.6 Å². The van der Waals surface area contributed by atoms with Gasteiger partial charge in [0.05, 0.1) is 18.1 Å². The van der Waals surface area contributed by atoms with Crippen molar-refractivity contribution in [1.82, 2.24) is 29.5 Å². The molecule has 1 spiro atoms. The van der Waals surface area contributed by atoms with Crippen LogP contribution in [0.25, 0.3) is 5.65 Å². The first-order valence-electron chi connectivity index (χ1n) is 14.6. The van der Waals surface area contributed by atoms with Crippen LogP contribution in [0.2, 0.25) is 0 Å². The minimum absolute atomic E-state index is 0.0284. The SMILES string of the molecule is Cc1cc(N2CCC(C)(c3cncc(F)c3)C2)cn2nc(C(=O)N3CC[C@@]4(CCN(c5cccc(C(=O)O)n5)C4)C3)nc12. The average molecular weight is 585 g/mol. The Morgan fingerprint density at radius 1 is 0.977 bits per heavy atom. The molecule has 0 radical (unpaired) electrons. The number of nitrogens with zero attached hydrogens (tertiary/aromatic N) is 8. The quantitative estimate of drug-likeness (QED) is 0.375. The first kappa shape index (κ1) is 27.2. The van der Waals surface area contributed by atoms with Crippen LogP contribution in [0.1, 0.15) is 58.4 Å². The van der Waals surface area contributed by atoms with Crippen molar-refractivity contribution in [3.63, 3.8) is 0 Å². The van der Waals surface area contributed by atoms with Gasteiger partial charge in [0, 0.05) is 56.3 Å². The topological polar surface area (TPSA) is 120 Å². The van der Waals surface area contributed by atoms with Crippen LogP contribution in [-0.4, -0.2) is 85.7 Å². The van der Waals surface area contributed by atoms with E-state index in [0.29, 0.717) is 37.6 Å². The second-order valence-corrected chi connectivity index (χ2v) is 12.5. The number of carboxylic acid groups (broad SMARTS) is 1. The van der Waals surface area contributed by atoms with Crippen molar-refractivity contribution in [2.75, 3.05) is 49.1 Å². The number of aromatic nitrogens is 5. The van der Waals surface area contributed by atoms with Crippen molar-refractivity contribution in [1.29, 1.82) is 0 Å². The third kappa shape index (κ3) is 4.84. The van der Waals surface area contributed by atoms with E-state index in [9.17, 15) is 19.1 Å². The summed E-state index contributed by atoms with van der Waals surface area (Å²) in [6.45, 7) is 8.33. The molecule has 0 aromatic carbocycles. The molecule has 0 saturated carbocycles. The van der Waals surface area contributed by atoms with Crippen molar-refractivity contribution < 1.29 is 19.1 Å². The van der Waals surface area contributed by atoms with Gasteiger partial charge in [-0.15, -0.1) is 5.10 Å². The van der Waals surface area contributed by atoms with E-state index in [-0.39, 0.29) is 34.1 Å². The predicted octanol–water partition coefficient (Wildman–Crippen LogP) is 3.58. The van der Waals surface area contributed by atoms with Gasteiger partial charge in [0.2, 0.25) is 5.82 Å². The predicted molar refractivity (Wildman–Crippen MR) is 157 cm³/mol. The van der Waals surface area contributed by atoms with Crippen molar-refractivity contribution in [2.24, 2.45) is 5.41 Å². The van der Waals surface area contributed by atoms with Crippen molar-refractivity contribution >= 4 is 29.0 Å². The normalized spacial score (nSPS) is 23.7. The van der Waals surface area contributed by atoms with Crippen LogP contribution < -0.4 is 9.80 Å². The van der Waals surface area contributed by atoms with Crippen molar-refractivity contribution in [3.05, 3.63) is 77.4 Å². The number of hydrogen-bond donors (Lipinski definition) is 1. The summed E-state index contributed by atoms with van der Waals surface area (Å²) in [5, 5.41) is 13.9. The molecule has 3 fully saturated rings. The summed E-state index contributed by atoms with van der Waals surface area (Å²) in [6.07, 6.45) is 7.52. The van der Waals surface area contributed by atoms with Crippen LogP contribution in [0.4, 0.5) is 15.9 Å². The number of rotatable bonds is 5. The molecule has 3 aliphatic rings. The van der Waals surface area contributed by atoms with E-state index in [0.717, 1.165) is 49.2 Å². The van der Waals surface area contributed by atoms with Crippen molar-refractivity contribution in [3.8, 4) is 0 Å². The second-order valence-electron chi connectivity index (χ2n) is 12.5. The number of likely N-dealkylation sites (tertiary alicyclic amines) is 1. The van der Waals surface area contributed by atoms with E-state index in [2.05, 4.69) is 42.8 Å². The number of amides is 1. The number of anilines is 2. The van der Waals surface area contributed by atoms with Crippen LogP contribution in [0.15, 0.2) is 48.9 Å². The zero-order chi connectivity index (χ0) is 29.9. The summed E-state index contributed by atoms with van der Waals surface area (Å²) >= 11 is 0. The van der Waals surface area contributed by atoms with E-state index in [1.807, 2.05) is 24.1 Å². The Morgan fingerprint density at radius 2 is 1.79 bits per heavy atom. The first-order valence-corrected chi connectivity index (χ1v) is 14.6. The highest BCUT2D eigenvalue weighted by molar-refractivity contribution is 5.91. The van der Waals surface area contributed by atoms with E-state index in [1.165, 1.54) is 12.3 Å². The van der Waals surface area contributed by atoms with Crippen LogP contribution in [-0.2, 0) is 5.41 Å². The van der Waals surface area contributed by atoms with Crippen LogP contribution in [0.3, 0.4) is 0 Å². The number of fused-ring (bicyclic) bond motifs is 1. The number of halogens is 1. The van der Waals surface area contributed by atoms with Gasteiger partial charge in [0.15, 0.2) is 11.3 Å². The first-order chi connectivity index (χ1) is 20.6. The minimum Gasteiger partial charge on any atom is -0.477 e. The summed E-state index contributed by atoms with van der Waals surface area (Å²) in [4.78, 5) is 44.2. The summed E-state index contributed by atoms with van der Waals surface area (Å²) in [7, 11) is 0. The van der Waals surface area contributed by atoms with Gasteiger partial charge < -0.3 is 19.8 Å². The number of hydrogen-bond acceptors (Lipinski definition) is 8. The number of pyridine rings is 3. The largest absolute Gasteiger partial charge is 0.477 e. The molecule has 222 valence electrons. The molecule has 0 aliphatic carbocycles. The smallest absolute Gasteiger partial charge is 0.354 e. The fourth-order valence-electron chi connectivity index (χ4n) is 6.99. The summed E-state index contributed by atoms with van der Waals surface area (Å²) < 4.78 is 15.6. The van der Waals surface area contributed by atoms with Gasteiger partial charge in [-0.3, -0.25) is 9.78 Å². The molecular formula is C31H33FN8O3. The van der Waals surface area contributed by atoms with Gasteiger partial charge >= 0.3 is 5.97 Å². The number of carbonyl (C=O) groups excluding carboxylic acids is 1. The van der Waals surface area contributed by atoms with E-state index >= 15 is 0 Å². The Labute approximate surface area is 248 Å². The molecule has 1 unspecified atom stereocenters. The maximum absolute atomic E-state index is 13.9. The maximum Gasteiger partial charge on any atom is 0.354 e. The van der Waals surface area contributed by atoms with Gasteiger partial charge in [-0.25, -0.2) is 23.7 Å². The molecule has 12 heteroatoms. The molecule has 7 heterocycles. The van der Waals surface area contributed by atoms with E-state index in [4.69, 9.17) is 0 Å². The Balaban J connectivity index is 1.06. The lowest BCUT2D eigenvalue weighted by Gasteiger charge is -2.26. The fourth-order valence-corrected chi connectivity index (χ4v) is 6.99. The third-order valence-electron chi connectivity index (χ3n) is 9.48. The highest BCUT2D eigenvalue weighted by Gasteiger charge is 2.46. The molecule has 4 aromatic heterocycles. The highest BCUT2D eigenvalue weighted by atomic mass is 19.1. The Hall–Kier alpha value is -4.61. The molecule has 0 bridgehead atoms. The lowest BCUT2D eigenvalue weighted by molar-refractivity contribution is 0.0689. The van der Waals surface area contributed by atoms with Gasteiger partial charge in [-0.05, 0) is 61.6 Å². The standard InChI is InChI=1S/C31H33FN8O3/c1-20-12-23(37-9-6-30(2,17-37)21-13-22(32)15-33-14-21)16-40-27(20)35-26(36-40)28(41)39-11-8-31(19-39)7-10-38(18-31)25-5-3-4-24(34-25)29(42)43/h3-5,12-16H,6-11,17-19H2,1-2H3,(H,42,43)/t30?,31-/m1/s1. The van der Waals surface area contributed by atoms with Crippen LogP contribution in [0.5, 0.6) is 0 Å². The Bertz CT molecular complexity index is 1760. The van der Waals surface area contributed by atoms with E-state index < -0.39 is 5.97 Å². The molecule has 2 atom stereocenters. The lowest BCUT2D eigenvalue weighted by atomic mass is 9.83. The van der Waals surface area contributed by atoms with Crippen LogP contribution >= 0.6 is 0 Å². The summed E-state index contributed by atoms with van der Waals surface area (Å²) in [5.41, 5.74) is 3.17. The van der Waals surface area contributed by atoms with Crippen molar-refractivity contribution in [2.45, 2.75) is 38.5 Å². The number of carboxylic acids is 1. The maximum atomic E-state index is 13.9. The van der Waals surface area contributed by atoms with Gasteiger partial charge in [-0.1, -0.05) is 13.0 Å². The van der Waals surface area contributed by atoms with Crippen LogP contribution in [0, 0.1) is 18.2 Å². The second kappa shape index (κ2) is 9.99.